The van der Waals surface area contributed by atoms with Crippen molar-refractivity contribution in [2.45, 2.75) is 18.4 Å². The van der Waals surface area contributed by atoms with Crippen LogP contribution in [-0.4, -0.2) is 68.9 Å². The zero-order chi connectivity index (χ0) is 28.1. The maximum absolute atomic E-state index is 13.0. The van der Waals surface area contributed by atoms with E-state index in [0.717, 1.165) is 36.5 Å². The molecule has 2 aromatic heterocycles. The third kappa shape index (κ3) is 5.96. The van der Waals surface area contributed by atoms with Crippen molar-refractivity contribution in [2.24, 2.45) is 0 Å². The second kappa shape index (κ2) is 8.88. The standard InChI is InChI=1S/C25H25F5N6O2S/c1-17-14-22(24-31-23(33-38-24)19-6-8-21(9-7-19)39(26,27,28,29)30)32-36(17)16-18-4-3-5-20(15-18)25(37)35-12-10-34(2)11-13-35/h3-9,14-15H,10-13,16H2,1-2H3. The predicted molar refractivity (Wildman–Crippen MR) is 136 cm³/mol. The number of carbonyl (C=O) groups excluding carboxylic acids is 1. The van der Waals surface area contributed by atoms with Crippen molar-refractivity contribution in [1.29, 1.82) is 0 Å². The lowest BCUT2D eigenvalue weighted by atomic mass is 10.1. The Hall–Kier alpha value is -3.78. The number of aromatic nitrogens is 4. The smallest absolute Gasteiger partial charge is 0.310 e. The molecule has 1 amide bonds. The summed E-state index contributed by atoms with van der Waals surface area (Å²) in [5.74, 6) is -0.0708. The predicted octanol–water partition coefficient (Wildman–Crippen LogP) is 6.00. The molecule has 3 heterocycles. The molecule has 8 nitrogen and oxygen atoms in total. The fourth-order valence-corrected chi connectivity index (χ4v) is 4.90. The van der Waals surface area contributed by atoms with Crippen LogP contribution in [-0.2, 0) is 6.54 Å². The first-order valence-electron chi connectivity index (χ1n) is 12.0. The van der Waals surface area contributed by atoms with E-state index < -0.39 is 15.1 Å². The van der Waals surface area contributed by atoms with E-state index in [-0.39, 0.29) is 23.2 Å². The Morgan fingerprint density at radius 1 is 0.974 bits per heavy atom. The minimum absolute atomic E-state index is 0.0163. The van der Waals surface area contributed by atoms with Crippen molar-refractivity contribution in [3.8, 4) is 23.0 Å². The summed E-state index contributed by atoms with van der Waals surface area (Å²) in [6, 6.07) is 11.4. The molecule has 39 heavy (non-hydrogen) atoms. The molecule has 0 N–H and O–H groups in total. The molecule has 1 aliphatic heterocycles. The molecule has 4 aromatic rings. The van der Waals surface area contributed by atoms with Crippen molar-refractivity contribution in [1.82, 2.24) is 29.7 Å². The molecule has 1 saturated heterocycles. The highest BCUT2D eigenvalue weighted by Crippen LogP contribution is 3.02. The summed E-state index contributed by atoms with van der Waals surface area (Å²) in [6.45, 7) is 5.20. The molecule has 0 saturated carbocycles. The number of likely N-dealkylation sites (N-methyl/N-ethyl adjacent to an activating group) is 1. The van der Waals surface area contributed by atoms with Gasteiger partial charge in [-0.05, 0) is 62.0 Å². The zero-order valence-corrected chi connectivity index (χ0v) is 21.8. The van der Waals surface area contributed by atoms with Crippen LogP contribution in [0.2, 0.25) is 0 Å². The van der Waals surface area contributed by atoms with E-state index in [1.807, 2.05) is 37.1 Å². The van der Waals surface area contributed by atoms with Crippen LogP contribution in [0.3, 0.4) is 0 Å². The van der Waals surface area contributed by atoms with Crippen molar-refractivity contribution in [3.63, 3.8) is 0 Å². The van der Waals surface area contributed by atoms with E-state index >= 15 is 0 Å². The van der Waals surface area contributed by atoms with Gasteiger partial charge in [-0.1, -0.05) is 36.7 Å². The molecular formula is C25H25F5N6O2S. The molecule has 0 spiro atoms. The first kappa shape index (κ1) is 26.8. The highest BCUT2D eigenvalue weighted by molar-refractivity contribution is 8.45. The Labute approximate surface area is 220 Å². The van der Waals surface area contributed by atoms with Gasteiger partial charge >= 0.3 is 10.2 Å². The normalized spacial score (nSPS) is 16.6. The Kier molecular flexibility index (Phi) is 6.10. The fraction of sp³-hybridized carbons (Fsp3) is 0.280. The number of hydrogen-bond donors (Lipinski definition) is 0. The highest BCUT2D eigenvalue weighted by atomic mass is 32.5. The number of aryl methyl sites for hydroxylation is 1. The van der Waals surface area contributed by atoms with E-state index in [1.165, 1.54) is 0 Å². The number of carbonyl (C=O) groups is 1. The average molecular weight is 569 g/mol. The van der Waals surface area contributed by atoms with Crippen molar-refractivity contribution in [3.05, 3.63) is 71.4 Å². The van der Waals surface area contributed by atoms with Gasteiger partial charge in [0.1, 0.15) is 4.90 Å². The van der Waals surface area contributed by atoms with Crippen LogP contribution < -0.4 is 0 Å². The molecule has 14 heteroatoms. The topological polar surface area (TPSA) is 80.3 Å². The van der Waals surface area contributed by atoms with Gasteiger partial charge in [-0.25, -0.2) is 0 Å². The van der Waals surface area contributed by atoms with Crippen molar-refractivity contribution < 1.29 is 28.7 Å². The van der Waals surface area contributed by atoms with Crippen LogP contribution in [0.15, 0.2) is 64.0 Å². The molecule has 5 rings (SSSR count). The lowest BCUT2D eigenvalue weighted by Crippen LogP contribution is -2.47. The van der Waals surface area contributed by atoms with Crippen molar-refractivity contribution in [2.75, 3.05) is 33.2 Å². The lowest BCUT2D eigenvalue weighted by Gasteiger charge is -2.40. The summed E-state index contributed by atoms with van der Waals surface area (Å²) >= 11 is 0. The monoisotopic (exact) mass is 568 g/mol. The Bertz CT molecular complexity index is 1530. The molecule has 2 aromatic carbocycles. The largest absolute Gasteiger partial charge is 0.336 e. The van der Waals surface area contributed by atoms with Crippen molar-refractivity contribution >= 4 is 16.1 Å². The molecule has 0 radical (unpaired) electrons. The van der Waals surface area contributed by atoms with Gasteiger partial charge in [0, 0.05) is 43.0 Å². The molecule has 0 bridgehead atoms. The molecule has 1 aliphatic rings. The summed E-state index contributed by atoms with van der Waals surface area (Å²) < 4.78 is 71.8. The van der Waals surface area contributed by atoms with Gasteiger partial charge < -0.3 is 14.3 Å². The molecule has 0 atom stereocenters. The van der Waals surface area contributed by atoms with Gasteiger partial charge in [0.2, 0.25) is 5.82 Å². The molecule has 0 unspecified atom stereocenters. The summed E-state index contributed by atoms with van der Waals surface area (Å²) in [7, 11) is -7.75. The summed E-state index contributed by atoms with van der Waals surface area (Å²) in [5.41, 5.74) is 2.64. The zero-order valence-electron chi connectivity index (χ0n) is 21.0. The number of halogens is 5. The molecule has 208 valence electrons. The molecule has 1 fully saturated rings. The van der Waals surface area contributed by atoms with Crippen LogP contribution in [0, 0.1) is 6.92 Å². The summed E-state index contributed by atoms with van der Waals surface area (Å²) in [6.07, 6.45) is 0. The van der Waals surface area contributed by atoms with Crippen LogP contribution in [0.5, 0.6) is 0 Å². The number of benzene rings is 2. The number of piperazine rings is 1. The summed E-state index contributed by atoms with van der Waals surface area (Å²) in [4.78, 5) is 19.1. The van der Waals surface area contributed by atoms with E-state index in [9.17, 15) is 24.2 Å². The van der Waals surface area contributed by atoms with Gasteiger partial charge in [0.15, 0.2) is 5.69 Å². The number of hydrogen-bond acceptors (Lipinski definition) is 6. The van der Waals surface area contributed by atoms with E-state index in [2.05, 4.69) is 20.1 Å². The first-order chi connectivity index (χ1) is 18.2. The van der Waals surface area contributed by atoms with Gasteiger partial charge in [-0.2, -0.15) is 10.1 Å². The Balaban J connectivity index is 1.31. The second-order valence-electron chi connectivity index (χ2n) is 9.54. The first-order valence-corrected chi connectivity index (χ1v) is 13.9. The maximum atomic E-state index is 13.0. The van der Waals surface area contributed by atoms with Crippen LogP contribution in [0.1, 0.15) is 21.6 Å². The Morgan fingerprint density at radius 3 is 2.33 bits per heavy atom. The highest BCUT2D eigenvalue weighted by Gasteiger charge is 2.65. The minimum Gasteiger partial charge on any atom is -0.336 e. The van der Waals surface area contributed by atoms with Gasteiger partial charge in [-0.3, -0.25) is 9.48 Å². The Morgan fingerprint density at radius 2 is 1.67 bits per heavy atom. The summed E-state index contributed by atoms with van der Waals surface area (Å²) in [5, 5.41) is 8.25. The number of amides is 1. The third-order valence-electron chi connectivity index (χ3n) is 6.48. The van der Waals surface area contributed by atoms with Crippen LogP contribution in [0.25, 0.3) is 23.0 Å². The van der Waals surface area contributed by atoms with E-state index in [0.29, 0.717) is 43.0 Å². The maximum Gasteiger partial charge on any atom is 0.310 e. The second-order valence-corrected chi connectivity index (χ2v) is 12.0. The van der Waals surface area contributed by atoms with Crippen LogP contribution in [0.4, 0.5) is 19.4 Å². The van der Waals surface area contributed by atoms with Gasteiger partial charge in [0.05, 0.1) is 6.54 Å². The fourth-order valence-electron chi connectivity index (χ4n) is 4.25. The van der Waals surface area contributed by atoms with E-state index in [4.69, 9.17) is 4.52 Å². The van der Waals surface area contributed by atoms with Gasteiger partial charge in [0.25, 0.3) is 11.8 Å². The average Bonchev–Trinajstić information content (AvgIpc) is 3.50. The number of nitrogens with zero attached hydrogens (tertiary/aromatic N) is 6. The molecular weight excluding hydrogens is 543 g/mol. The molecule has 0 aliphatic carbocycles. The quantitative estimate of drug-likeness (QED) is 0.266. The SMILES string of the molecule is Cc1cc(-c2nc(-c3ccc(S(F)(F)(F)(F)F)cc3)no2)nn1Cc1cccc(C(=O)N2CCN(C)CC2)c1. The van der Waals surface area contributed by atoms with Crippen LogP contribution >= 0.6 is 10.2 Å². The van der Waals surface area contributed by atoms with E-state index in [1.54, 1.807) is 16.8 Å². The minimum atomic E-state index is -9.77. The number of rotatable bonds is 6. The third-order valence-corrected chi connectivity index (χ3v) is 7.64. The lowest BCUT2D eigenvalue weighted by molar-refractivity contribution is 0.0664. The van der Waals surface area contributed by atoms with Gasteiger partial charge in [-0.15, -0.1) is 0 Å².